The van der Waals surface area contributed by atoms with Gasteiger partial charge in [-0.1, -0.05) is 30.3 Å². The van der Waals surface area contributed by atoms with E-state index in [2.05, 4.69) is 15.2 Å². The summed E-state index contributed by atoms with van der Waals surface area (Å²) in [5, 5.41) is 24.4. The Labute approximate surface area is 160 Å². The van der Waals surface area contributed by atoms with Gasteiger partial charge in [0, 0.05) is 6.54 Å². The van der Waals surface area contributed by atoms with Gasteiger partial charge in [-0.05, 0) is 43.6 Å². The maximum Gasteiger partial charge on any atom is 0.137 e. The SMILES string of the molecule is COc1ccc([C@@H](O)C(CN2CCCC2)N[C@H](CO)c2ccccc2)nc1. The lowest BCUT2D eigenvalue weighted by atomic mass is 10.0. The van der Waals surface area contributed by atoms with E-state index in [-0.39, 0.29) is 18.7 Å². The zero-order chi connectivity index (χ0) is 19.1. The van der Waals surface area contributed by atoms with Crippen molar-refractivity contribution in [2.45, 2.75) is 31.0 Å². The Balaban J connectivity index is 1.78. The highest BCUT2D eigenvalue weighted by atomic mass is 16.5. The number of aliphatic hydroxyl groups excluding tert-OH is 2. The van der Waals surface area contributed by atoms with Gasteiger partial charge in [0.1, 0.15) is 11.9 Å². The van der Waals surface area contributed by atoms with Crippen molar-refractivity contribution in [2.24, 2.45) is 0 Å². The van der Waals surface area contributed by atoms with Crippen LogP contribution in [0.5, 0.6) is 5.75 Å². The summed E-state index contributed by atoms with van der Waals surface area (Å²) in [6.07, 6.45) is 3.21. The van der Waals surface area contributed by atoms with E-state index in [9.17, 15) is 10.2 Å². The van der Waals surface area contributed by atoms with Crippen LogP contribution < -0.4 is 10.1 Å². The normalized spacial score (nSPS) is 18.2. The molecule has 27 heavy (non-hydrogen) atoms. The molecule has 0 bridgehead atoms. The van der Waals surface area contributed by atoms with Crippen LogP contribution in [0.4, 0.5) is 0 Å². The summed E-state index contributed by atoms with van der Waals surface area (Å²) in [6.45, 7) is 2.74. The Morgan fingerprint density at radius 1 is 1.15 bits per heavy atom. The summed E-state index contributed by atoms with van der Waals surface area (Å²) in [6, 6.07) is 12.9. The highest BCUT2D eigenvalue weighted by Gasteiger charge is 2.28. The molecule has 1 unspecified atom stereocenters. The lowest BCUT2D eigenvalue weighted by molar-refractivity contribution is 0.0884. The van der Waals surface area contributed by atoms with Crippen molar-refractivity contribution in [2.75, 3.05) is 33.4 Å². The maximum atomic E-state index is 11.0. The topological polar surface area (TPSA) is 77.9 Å². The van der Waals surface area contributed by atoms with Gasteiger partial charge < -0.3 is 25.2 Å². The molecule has 1 aliphatic rings. The second-order valence-corrected chi connectivity index (χ2v) is 6.99. The van der Waals surface area contributed by atoms with Gasteiger partial charge in [-0.15, -0.1) is 0 Å². The van der Waals surface area contributed by atoms with Gasteiger partial charge >= 0.3 is 0 Å². The first-order chi connectivity index (χ1) is 13.2. The maximum absolute atomic E-state index is 11.0. The van der Waals surface area contributed by atoms with Gasteiger partial charge in [0.15, 0.2) is 0 Å². The number of hydrogen-bond donors (Lipinski definition) is 3. The van der Waals surface area contributed by atoms with Crippen LogP contribution in [-0.2, 0) is 0 Å². The molecule has 0 saturated carbocycles. The van der Waals surface area contributed by atoms with Crippen molar-refractivity contribution in [3.63, 3.8) is 0 Å². The molecule has 2 heterocycles. The molecule has 3 rings (SSSR count). The first-order valence-corrected chi connectivity index (χ1v) is 9.53. The molecule has 6 heteroatoms. The molecule has 0 aliphatic carbocycles. The molecule has 0 radical (unpaired) electrons. The molecule has 146 valence electrons. The standard InChI is InChI=1S/C21H29N3O3/c1-27-17-9-10-18(22-13-17)21(26)19(14-24-11-5-6-12-24)23-20(15-25)16-7-3-2-4-8-16/h2-4,7-10,13,19-21,23,25-26H,5-6,11-12,14-15H2,1H3/t19?,20-,21-/m1/s1. The minimum Gasteiger partial charge on any atom is -0.495 e. The molecular formula is C21H29N3O3. The fraction of sp³-hybridized carbons (Fsp3) is 0.476. The van der Waals surface area contributed by atoms with Crippen molar-refractivity contribution >= 4 is 0 Å². The van der Waals surface area contributed by atoms with Crippen LogP contribution in [-0.4, -0.2) is 59.5 Å². The predicted molar refractivity (Wildman–Crippen MR) is 105 cm³/mol. The van der Waals surface area contributed by atoms with E-state index in [4.69, 9.17) is 4.74 Å². The van der Waals surface area contributed by atoms with Crippen LogP contribution in [0.3, 0.4) is 0 Å². The highest BCUT2D eigenvalue weighted by Crippen LogP contribution is 2.23. The Hall–Kier alpha value is -1.99. The number of ether oxygens (including phenoxy) is 1. The minimum atomic E-state index is -0.783. The molecule has 0 spiro atoms. The zero-order valence-electron chi connectivity index (χ0n) is 15.8. The van der Waals surface area contributed by atoms with Crippen LogP contribution in [0.15, 0.2) is 48.7 Å². The van der Waals surface area contributed by atoms with E-state index in [1.807, 2.05) is 30.3 Å². The number of pyridine rings is 1. The number of aromatic nitrogens is 1. The molecule has 1 aromatic carbocycles. The van der Waals surface area contributed by atoms with E-state index in [0.717, 1.165) is 18.7 Å². The van der Waals surface area contributed by atoms with Gasteiger partial charge in [0.2, 0.25) is 0 Å². The lowest BCUT2D eigenvalue weighted by Gasteiger charge is -2.31. The van der Waals surface area contributed by atoms with Gasteiger partial charge in [0.25, 0.3) is 0 Å². The number of hydrogen-bond acceptors (Lipinski definition) is 6. The average molecular weight is 371 g/mol. The minimum absolute atomic E-state index is 0.0384. The summed E-state index contributed by atoms with van der Waals surface area (Å²) in [5.41, 5.74) is 1.60. The third-order valence-corrected chi connectivity index (χ3v) is 5.13. The monoisotopic (exact) mass is 371 g/mol. The van der Waals surface area contributed by atoms with Crippen LogP contribution >= 0.6 is 0 Å². The number of nitrogens with one attached hydrogen (secondary N) is 1. The van der Waals surface area contributed by atoms with E-state index in [0.29, 0.717) is 18.0 Å². The third-order valence-electron chi connectivity index (χ3n) is 5.13. The predicted octanol–water partition coefficient (Wildman–Crippen LogP) is 1.91. The number of rotatable bonds is 9. The van der Waals surface area contributed by atoms with Crippen LogP contribution in [0.1, 0.15) is 36.2 Å². The molecule has 1 aromatic heterocycles. The molecular weight excluding hydrogens is 342 g/mol. The van der Waals surface area contributed by atoms with Crippen molar-refractivity contribution in [3.05, 3.63) is 59.9 Å². The highest BCUT2D eigenvalue weighted by molar-refractivity contribution is 5.22. The van der Waals surface area contributed by atoms with Gasteiger partial charge in [-0.3, -0.25) is 4.98 Å². The molecule has 6 nitrogen and oxygen atoms in total. The Morgan fingerprint density at radius 2 is 1.89 bits per heavy atom. The number of methoxy groups -OCH3 is 1. The number of likely N-dealkylation sites (tertiary alicyclic amines) is 1. The Morgan fingerprint density at radius 3 is 2.48 bits per heavy atom. The van der Waals surface area contributed by atoms with Gasteiger partial charge in [-0.25, -0.2) is 0 Å². The van der Waals surface area contributed by atoms with E-state index in [1.54, 1.807) is 25.4 Å². The number of aliphatic hydroxyl groups is 2. The summed E-state index contributed by atoms with van der Waals surface area (Å²) in [4.78, 5) is 6.71. The number of nitrogens with zero attached hydrogens (tertiary/aromatic N) is 2. The Kier molecular flexibility index (Phi) is 7.18. The van der Waals surface area contributed by atoms with Crippen LogP contribution in [0.25, 0.3) is 0 Å². The summed E-state index contributed by atoms with van der Waals surface area (Å²) in [5.74, 6) is 0.660. The van der Waals surface area contributed by atoms with Crippen molar-refractivity contribution in [3.8, 4) is 5.75 Å². The first kappa shape index (κ1) is 19.8. The Bertz CT molecular complexity index is 675. The fourth-order valence-electron chi connectivity index (χ4n) is 3.58. The molecule has 1 fully saturated rings. The molecule has 3 N–H and O–H groups in total. The van der Waals surface area contributed by atoms with Crippen molar-refractivity contribution in [1.82, 2.24) is 15.2 Å². The second-order valence-electron chi connectivity index (χ2n) is 6.99. The van der Waals surface area contributed by atoms with Crippen LogP contribution in [0, 0.1) is 0 Å². The van der Waals surface area contributed by atoms with E-state index in [1.165, 1.54) is 12.8 Å². The molecule has 0 amide bonds. The number of benzene rings is 1. The van der Waals surface area contributed by atoms with Gasteiger partial charge in [0.05, 0.1) is 37.7 Å². The van der Waals surface area contributed by atoms with E-state index >= 15 is 0 Å². The first-order valence-electron chi connectivity index (χ1n) is 9.53. The van der Waals surface area contributed by atoms with Crippen LogP contribution in [0.2, 0.25) is 0 Å². The van der Waals surface area contributed by atoms with Gasteiger partial charge in [-0.2, -0.15) is 0 Å². The smallest absolute Gasteiger partial charge is 0.137 e. The lowest BCUT2D eigenvalue weighted by Crippen LogP contribution is -2.46. The largest absolute Gasteiger partial charge is 0.495 e. The average Bonchev–Trinajstić information content (AvgIpc) is 3.24. The quantitative estimate of drug-likeness (QED) is 0.625. The van der Waals surface area contributed by atoms with Crippen molar-refractivity contribution < 1.29 is 14.9 Å². The summed E-state index contributed by atoms with van der Waals surface area (Å²) in [7, 11) is 1.59. The second kappa shape index (κ2) is 9.80. The summed E-state index contributed by atoms with van der Waals surface area (Å²) >= 11 is 0. The fourth-order valence-corrected chi connectivity index (χ4v) is 3.58. The molecule has 3 atom stereocenters. The van der Waals surface area contributed by atoms with E-state index < -0.39 is 6.10 Å². The zero-order valence-corrected chi connectivity index (χ0v) is 15.8. The van der Waals surface area contributed by atoms with Crippen molar-refractivity contribution in [1.29, 1.82) is 0 Å². The molecule has 1 aliphatic heterocycles. The summed E-state index contributed by atoms with van der Waals surface area (Å²) < 4.78 is 5.16. The molecule has 2 aromatic rings. The third kappa shape index (κ3) is 5.26. The molecule has 1 saturated heterocycles.